The highest BCUT2D eigenvalue weighted by Gasteiger charge is 2.60. The maximum absolute atomic E-state index is 11.7. The van der Waals surface area contributed by atoms with Gasteiger partial charge >= 0.3 is 11.9 Å². The zero-order chi connectivity index (χ0) is 18.8. The summed E-state index contributed by atoms with van der Waals surface area (Å²) in [6.45, 7) is 7.63. The summed E-state index contributed by atoms with van der Waals surface area (Å²) in [5, 5.41) is 0. The van der Waals surface area contributed by atoms with Crippen LogP contribution in [0.5, 0.6) is 0 Å². The Bertz CT molecular complexity index is 656. The third-order valence-corrected chi connectivity index (χ3v) is 5.26. The third kappa shape index (κ3) is 4.57. The molecule has 2 saturated heterocycles. The number of hydrogen-bond donors (Lipinski definition) is 0. The highest BCUT2D eigenvalue weighted by atomic mass is 32.2. The second kappa shape index (κ2) is 7.40. The smallest absolute Gasteiger partial charge is 0.333 e. The fourth-order valence-corrected chi connectivity index (χ4v) is 4.24. The highest BCUT2D eigenvalue weighted by Crippen LogP contribution is 2.41. The first-order chi connectivity index (χ1) is 11.5. The number of carbonyl (C=O) groups is 2. The molecule has 0 saturated carbocycles. The van der Waals surface area contributed by atoms with E-state index in [-0.39, 0.29) is 24.5 Å². The Kier molecular flexibility index (Phi) is 5.87. The van der Waals surface area contributed by atoms with Gasteiger partial charge in [-0.25, -0.2) is 9.59 Å². The van der Waals surface area contributed by atoms with E-state index in [0.717, 1.165) is 0 Å². The molecular weight excluding hydrogens is 356 g/mol. The Balaban J connectivity index is 1.80. The van der Waals surface area contributed by atoms with Crippen molar-refractivity contribution >= 4 is 22.1 Å². The van der Waals surface area contributed by atoms with Crippen molar-refractivity contribution in [1.29, 1.82) is 0 Å². The molecule has 2 fully saturated rings. The van der Waals surface area contributed by atoms with Crippen LogP contribution in [-0.4, -0.2) is 69.8 Å². The molecule has 10 heteroatoms. The summed E-state index contributed by atoms with van der Waals surface area (Å²) in [5.41, 5.74) is -0.824. The van der Waals surface area contributed by atoms with E-state index < -0.39 is 52.6 Å². The first-order valence-corrected chi connectivity index (χ1v) is 9.31. The summed E-state index contributed by atoms with van der Waals surface area (Å²) in [6.07, 6.45) is -2.04. The molecule has 0 spiro atoms. The lowest BCUT2D eigenvalue weighted by Gasteiger charge is -2.37. The van der Waals surface area contributed by atoms with E-state index in [1.807, 2.05) is 0 Å². The molecular formula is C15H22O9S. The number of rotatable bonds is 7. The van der Waals surface area contributed by atoms with Crippen molar-refractivity contribution in [3.63, 3.8) is 0 Å². The van der Waals surface area contributed by atoms with Gasteiger partial charge in [-0.05, 0) is 20.8 Å². The predicted octanol–water partition coefficient (Wildman–Crippen LogP) is -0.0599. The van der Waals surface area contributed by atoms with E-state index in [1.165, 1.54) is 6.92 Å². The largest absolute Gasteiger partial charge is 0.460 e. The second-order valence-corrected chi connectivity index (χ2v) is 7.82. The molecule has 0 radical (unpaired) electrons. The molecule has 25 heavy (non-hydrogen) atoms. The normalized spacial score (nSPS) is 32.8. The van der Waals surface area contributed by atoms with Crippen LogP contribution in [0.15, 0.2) is 12.2 Å². The fourth-order valence-electron chi connectivity index (χ4n) is 2.72. The molecule has 4 unspecified atom stereocenters. The minimum atomic E-state index is -3.67. The molecule has 2 aliphatic heterocycles. The molecule has 4 atom stereocenters. The summed E-state index contributed by atoms with van der Waals surface area (Å²) in [5.74, 6) is -1.58. The summed E-state index contributed by atoms with van der Waals surface area (Å²) >= 11 is 0. The van der Waals surface area contributed by atoms with Crippen molar-refractivity contribution in [1.82, 2.24) is 0 Å². The topological polar surface area (TPSA) is 114 Å². The van der Waals surface area contributed by atoms with Crippen LogP contribution in [0.2, 0.25) is 0 Å². The zero-order valence-electron chi connectivity index (χ0n) is 14.4. The molecule has 2 rings (SSSR count). The van der Waals surface area contributed by atoms with Gasteiger partial charge in [-0.2, -0.15) is 8.42 Å². The van der Waals surface area contributed by atoms with E-state index in [9.17, 15) is 18.0 Å². The SMILES string of the molecule is C=C(C)C(=O)OCCOC(=O)COC1(C)C2CS(=O)(=O)OC1C(C)O2. The van der Waals surface area contributed by atoms with Crippen molar-refractivity contribution in [2.45, 2.75) is 44.7 Å². The van der Waals surface area contributed by atoms with Gasteiger partial charge in [0, 0.05) is 5.57 Å². The van der Waals surface area contributed by atoms with Gasteiger partial charge in [0.1, 0.15) is 43.4 Å². The van der Waals surface area contributed by atoms with Crippen LogP contribution in [0, 0.1) is 0 Å². The molecule has 142 valence electrons. The minimum absolute atomic E-state index is 0.0958. The van der Waals surface area contributed by atoms with Crippen LogP contribution in [0.25, 0.3) is 0 Å². The van der Waals surface area contributed by atoms with Crippen LogP contribution < -0.4 is 0 Å². The summed E-state index contributed by atoms with van der Waals surface area (Å²) in [6, 6.07) is 0. The maximum Gasteiger partial charge on any atom is 0.333 e. The number of carbonyl (C=O) groups excluding carboxylic acids is 2. The first-order valence-electron chi connectivity index (χ1n) is 7.74. The molecule has 0 aliphatic carbocycles. The molecule has 2 heterocycles. The van der Waals surface area contributed by atoms with Crippen LogP contribution in [0.3, 0.4) is 0 Å². The minimum Gasteiger partial charge on any atom is -0.460 e. The van der Waals surface area contributed by atoms with E-state index in [4.69, 9.17) is 23.1 Å². The van der Waals surface area contributed by atoms with E-state index >= 15 is 0 Å². The van der Waals surface area contributed by atoms with Gasteiger partial charge in [-0.15, -0.1) is 0 Å². The lowest BCUT2D eigenvalue weighted by Crippen LogP contribution is -2.56. The van der Waals surface area contributed by atoms with Gasteiger partial charge in [0.05, 0.1) is 6.10 Å². The molecule has 0 aromatic carbocycles. The molecule has 0 amide bonds. The Morgan fingerprint density at radius 3 is 2.52 bits per heavy atom. The molecule has 9 nitrogen and oxygen atoms in total. The van der Waals surface area contributed by atoms with Crippen LogP contribution in [0.1, 0.15) is 20.8 Å². The fraction of sp³-hybridized carbons (Fsp3) is 0.733. The summed E-state index contributed by atoms with van der Waals surface area (Å²) < 4.78 is 49.2. The van der Waals surface area contributed by atoms with Crippen LogP contribution in [-0.2, 0) is 42.8 Å². The quantitative estimate of drug-likeness (QED) is 0.260. The standard InChI is InChI=1S/C15H22O9S/c1-9(2)14(17)21-6-5-20-12(16)7-22-15(4)11-8-25(18,19)24-13(15)10(3)23-11/h10-11,13H,1,5-8H2,2-4H3. The number of ether oxygens (including phenoxy) is 4. The van der Waals surface area contributed by atoms with Gasteiger partial charge in [0.15, 0.2) is 0 Å². The number of fused-ring (bicyclic) bond motifs is 2. The van der Waals surface area contributed by atoms with Crippen molar-refractivity contribution in [3.05, 3.63) is 12.2 Å². The third-order valence-electron chi connectivity index (χ3n) is 4.04. The van der Waals surface area contributed by atoms with Crippen LogP contribution >= 0.6 is 0 Å². The van der Waals surface area contributed by atoms with Gasteiger partial charge in [-0.1, -0.05) is 6.58 Å². The lowest BCUT2D eigenvalue weighted by atomic mass is 9.93. The van der Waals surface area contributed by atoms with E-state index in [0.29, 0.717) is 0 Å². The van der Waals surface area contributed by atoms with Crippen LogP contribution in [0.4, 0.5) is 0 Å². The lowest BCUT2D eigenvalue weighted by molar-refractivity contribution is -0.166. The van der Waals surface area contributed by atoms with Crippen molar-refractivity contribution in [2.75, 3.05) is 25.6 Å². The Morgan fingerprint density at radius 1 is 1.28 bits per heavy atom. The van der Waals surface area contributed by atoms with E-state index in [1.54, 1.807) is 13.8 Å². The molecule has 2 bridgehead atoms. The average Bonchev–Trinajstić information content (AvgIpc) is 2.65. The summed E-state index contributed by atoms with van der Waals surface area (Å²) in [4.78, 5) is 22.9. The van der Waals surface area contributed by atoms with Gasteiger partial charge < -0.3 is 18.9 Å². The number of esters is 2. The maximum atomic E-state index is 11.7. The van der Waals surface area contributed by atoms with Crippen molar-refractivity contribution in [2.24, 2.45) is 0 Å². The average molecular weight is 378 g/mol. The highest BCUT2D eigenvalue weighted by molar-refractivity contribution is 7.86. The molecule has 0 aromatic rings. The summed E-state index contributed by atoms with van der Waals surface area (Å²) in [7, 11) is -3.67. The molecule has 0 N–H and O–H groups in total. The van der Waals surface area contributed by atoms with Gasteiger partial charge in [0.25, 0.3) is 10.1 Å². The first kappa shape index (κ1) is 19.8. The van der Waals surface area contributed by atoms with Crippen molar-refractivity contribution in [3.8, 4) is 0 Å². The molecule has 0 aromatic heterocycles. The van der Waals surface area contributed by atoms with Crippen molar-refractivity contribution < 1.29 is 41.1 Å². The Hall–Kier alpha value is -1.49. The molecule has 2 aliphatic rings. The number of hydrogen-bond acceptors (Lipinski definition) is 9. The zero-order valence-corrected chi connectivity index (χ0v) is 15.2. The predicted molar refractivity (Wildman–Crippen MR) is 84.1 cm³/mol. The van der Waals surface area contributed by atoms with Gasteiger partial charge in [0.2, 0.25) is 0 Å². The second-order valence-electron chi connectivity index (χ2n) is 6.18. The van der Waals surface area contributed by atoms with E-state index in [2.05, 4.69) is 6.58 Å². The Morgan fingerprint density at radius 2 is 1.92 bits per heavy atom. The Labute approximate surface area is 146 Å². The van der Waals surface area contributed by atoms with Gasteiger partial charge in [-0.3, -0.25) is 4.18 Å². The monoisotopic (exact) mass is 378 g/mol.